The Morgan fingerprint density at radius 1 is 0.783 bits per heavy atom. The van der Waals surface area contributed by atoms with Crippen LogP contribution >= 0.6 is 11.6 Å². The van der Waals surface area contributed by atoms with Crippen LogP contribution in [0.4, 0.5) is 0 Å². The second-order valence-electron chi connectivity index (χ2n) is 5.59. The fraction of sp³-hybridized carbons (Fsp3) is 0.0952. The minimum atomic E-state index is -0.00795. The van der Waals surface area contributed by atoms with Crippen LogP contribution in [0, 0.1) is 0 Å². The normalized spacial score (nSPS) is 11.9. The molecule has 1 nitrogen and oxygen atoms in total. The zero-order valence-corrected chi connectivity index (χ0v) is 13.6. The van der Waals surface area contributed by atoms with E-state index in [9.17, 15) is 4.79 Å². The first-order valence-corrected chi connectivity index (χ1v) is 7.98. The number of ketones is 1. The Labute approximate surface area is 141 Å². The molecule has 0 fully saturated rings. The minimum absolute atomic E-state index is 0.00795. The lowest BCUT2D eigenvalue weighted by atomic mass is 9.92. The lowest BCUT2D eigenvalue weighted by molar-refractivity contribution is 0.103. The molecule has 3 rings (SSSR count). The van der Waals surface area contributed by atoms with Crippen molar-refractivity contribution in [2.45, 2.75) is 12.8 Å². The van der Waals surface area contributed by atoms with E-state index < -0.39 is 0 Å². The molecule has 0 aromatic heterocycles. The predicted octanol–water partition coefficient (Wildman–Crippen LogP) is 5.72. The van der Waals surface area contributed by atoms with Crippen LogP contribution in [0.2, 0.25) is 5.02 Å². The van der Waals surface area contributed by atoms with Crippen molar-refractivity contribution in [1.29, 1.82) is 0 Å². The van der Waals surface area contributed by atoms with Crippen molar-refractivity contribution < 1.29 is 4.79 Å². The molecular formula is C21H17ClO. The van der Waals surface area contributed by atoms with Gasteiger partial charge >= 0.3 is 0 Å². The summed E-state index contributed by atoms with van der Waals surface area (Å²) in [5.74, 6) is 0.290. The van der Waals surface area contributed by atoms with Gasteiger partial charge in [-0.05, 0) is 23.3 Å². The summed E-state index contributed by atoms with van der Waals surface area (Å²) in [5, 5.41) is 0.574. The molecule has 0 aliphatic carbocycles. The summed E-state index contributed by atoms with van der Waals surface area (Å²) in [6.07, 6.45) is 0. The first-order valence-electron chi connectivity index (χ1n) is 7.60. The van der Waals surface area contributed by atoms with Crippen molar-refractivity contribution >= 4 is 17.4 Å². The number of rotatable bonds is 4. The van der Waals surface area contributed by atoms with Crippen molar-refractivity contribution in [2.24, 2.45) is 0 Å². The van der Waals surface area contributed by atoms with Gasteiger partial charge in [-0.3, -0.25) is 4.79 Å². The van der Waals surface area contributed by atoms with E-state index in [1.54, 1.807) is 24.3 Å². The molecule has 0 radical (unpaired) electrons. The highest BCUT2D eigenvalue weighted by Crippen LogP contribution is 2.24. The van der Waals surface area contributed by atoms with E-state index in [1.165, 1.54) is 11.1 Å². The molecule has 3 aromatic rings. The maximum atomic E-state index is 12.5. The van der Waals surface area contributed by atoms with E-state index in [1.807, 2.05) is 42.5 Å². The molecule has 1 unspecified atom stereocenters. The molecule has 0 spiro atoms. The Hall–Kier alpha value is -2.38. The van der Waals surface area contributed by atoms with E-state index in [0.717, 1.165) is 0 Å². The molecular weight excluding hydrogens is 304 g/mol. The summed E-state index contributed by atoms with van der Waals surface area (Å²) in [4.78, 5) is 12.5. The molecule has 0 aliphatic rings. The fourth-order valence-electron chi connectivity index (χ4n) is 2.65. The van der Waals surface area contributed by atoms with Crippen molar-refractivity contribution in [1.82, 2.24) is 0 Å². The van der Waals surface area contributed by atoms with Gasteiger partial charge in [0.15, 0.2) is 5.78 Å². The van der Waals surface area contributed by atoms with Gasteiger partial charge in [0.05, 0.1) is 0 Å². The van der Waals surface area contributed by atoms with Crippen molar-refractivity contribution in [2.75, 3.05) is 0 Å². The van der Waals surface area contributed by atoms with Crippen LogP contribution in [0.3, 0.4) is 0 Å². The lowest BCUT2D eigenvalue weighted by Crippen LogP contribution is -2.02. The van der Waals surface area contributed by atoms with Crippen LogP contribution in [-0.4, -0.2) is 5.78 Å². The highest BCUT2D eigenvalue weighted by molar-refractivity contribution is 6.31. The Kier molecular flexibility index (Phi) is 4.59. The summed E-state index contributed by atoms with van der Waals surface area (Å²) < 4.78 is 0. The molecule has 2 heteroatoms. The van der Waals surface area contributed by atoms with Crippen LogP contribution in [0.15, 0.2) is 78.9 Å². The highest BCUT2D eigenvalue weighted by atomic mass is 35.5. The average molecular weight is 321 g/mol. The lowest BCUT2D eigenvalue weighted by Gasteiger charge is -2.13. The summed E-state index contributed by atoms with van der Waals surface area (Å²) in [5.41, 5.74) is 3.75. The third-order valence-electron chi connectivity index (χ3n) is 4.06. The van der Waals surface area contributed by atoms with Crippen LogP contribution < -0.4 is 0 Å². The van der Waals surface area contributed by atoms with Gasteiger partial charge in [0.1, 0.15) is 0 Å². The number of carbonyl (C=O) groups is 1. The Morgan fingerprint density at radius 2 is 1.43 bits per heavy atom. The van der Waals surface area contributed by atoms with Gasteiger partial charge in [-0.15, -0.1) is 0 Å². The standard InChI is InChI=1S/C21H17ClO/c1-15(16-6-3-2-4-7-16)17-10-12-18(13-11-17)21(23)19-8-5-9-20(22)14-19/h2-15H,1H3. The maximum Gasteiger partial charge on any atom is 0.193 e. The second-order valence-corrected chi connectivity index (χ2v) is 6.03. The van der Waals surface area contributed by atoms with Gasteiger partial charge in [0, 0.05) is 22.1 Å². The zero-order chi connectivity index (χ0) is 16.2. The molecule has 0 bridgehead atoms. The van der Waals surface area contributed by atoms with Crippen LogP contribution in [0.1, 0.15) is 39.9 Å². The van der Waals surface area contributed by atoms with Gasteiger partial charge in [-0.1, -0.05) is 85.3 Å². The third kappa shape index (κ3) is 3.52. The topological polar surface area (TPSA) is 17.1 Å². The number of hydrogen-bond acceptors (Lipinski definition) is 1. The highest BCUT2D eigenvalue weighted by Gasteiger charge is 2.12. The van der Waals surface area contributed by atoms with E-state index in [-0.39, 0.29) is 5.78 Å². The fourth-order valence-corrected chi connectivity index (χ4v) is 2.84. The summed E-state index contributed by atoms with van der Waals surface area (Å²) in [7, 11) is 0. The molecule has 3 aromatic carbocycles. The third-order valence-corrected chi connectivity index (χ3v) is 4.29. The zero-order valence-electron chi connectivity index (χ0n) is 12.9. The Bertz CT molecular complexity index is 807. The van der Waals surface area contributed by atoms with Crippen molar-refractivity contribution in [3.05, 3.63) is 106 Å². The maximum absolute atomic E-state index is 12.5. The Balaban J connectivity index is 1.83. The summed E-state index contributed by atoms with van der Waals surface area (Å²) in [6, 6.07) is 25.2. The summed E-state index contributed by atoms with van der Waals surface area (Å²) in [6.45, 7) is 2.17. The number of carbonyl (C=O) groups excluding carboxylic acids is 1. The molecule has 1 atom stereocenters. The van der Waals surface area contributed by atoms with Crippen LogP contribution in [0.25, 0.3) is 0 Å². The van der Waals surface area contributed by atoms with E-state index in [0.29, 0.717) is 22.1 Å². The first-order chi connectivity index (χ1) is 11.1. The van der Waals surface area contributed by atoms with Crippen molar-refractivity contribution in [3.63, 3.8) is 0 Å². The molecule has 0 saturated heterocycles. The molecule has 114 valence electrons. The van der Waals surface area contributed by atoms with Crippen LogP contribution in [0.5, 0.6) is 0 Å². The molecule has 0 saturated carbocycles. The minimum Gasteiger partial charge on any atom is -0.289 e. The molecule has 0 amide bonds. The monoisotopic (exact) mass is 320 g/mol. The molecule has 0 aliphatic heterocycles. The van der Waals surface area contributed by atoms with Gasteiger partial charge in [0.25, 0.3) is 0 Å². The second kappa shape index (κ2) is 6.80. The first kappa shape index (κ1) is 15.5. The smallest absolute Gasteiger partial charge is 0.193 e. The quantitative estimate of drug-likeness (QED) is 0.562. The largest absolute Gasteiger partial charge is 0.289 e. The van der Waals surface area contributed by atoms with E-state index in [4.69, 9.17) is 11.6 Å². The van der Waals surface area contributed by atoms with Gasteiger partial charge in [-0.25, -0.2) is 0 Å². The predicted molar refractivity (Wildman–Crippen MR) is 95.3 cm³/mol. The van der Waals surface area contributed by atoms with E-state index in [2.05, 4.69) is 19.1 Å². The van der Waals surface area contributed by atoms with E-state index >= 15 is 0 Å². The molecule has 0 heterocycles. The van der Waals surface area contributed by atoms with Crippen molar-refractivity contribution in [3.8, 4) is 0 Å². The van der Waals surface area contributed by atoms with Crippen LogP contribution in [-0.2, 0) is 0 Å². The molecule has 23 heavy (non-hydrogen) atoms. The molecule has 0 N–H and O–H groups in total. The number of halogens is 1. The summed E-state index contributed by atoms with van der Waals surface area (Å²) >= 11 is 5.96. The van der Waals surface area contributed by atoms with Gasteiger partial charge in [0.2, 0.25) is 0 Å². The van der Waals surface area contributed by atoms with Gasteiger partial charge in [-0.2, -0.15) is 0 Å². The number of hydrogen-bond donors (Lipinski definition) is 0. The average Bonchev–Trinajstić information content (AvgIpc) is 2.61. The Morgan fingerprint density at radius 3 is 2.09 bits per heavy atom. The number of benzene rings is 3. The van der Waals surface area contributed by atoms with Gasteiger partial charge < -0.3 is 0 Å². The SMILES string of the molecule is CC(c1ccccc1)c1ccc(C(=O)c2cccc(Cl)c2)cc1.